The Kier molecular flexibility index (Phi) is 5.16. The molecule has 1 aromatic heterocycles. The predicted molar refractivity (Wildman–Crippen MR) is 83.6 cm³/mol. The van der Waals surface area contributed by atoms with E-state index in [1.165, 1.54) is 7.11 Å². The third kappa shape index (κ3) is 4.08. The molecule has 0 aliphatic rings. The maximum Gasteiger partial charge on any atom is 0.257 e. The number of amides is 1. The van der Waals surface area contributed by atoms with Crippen molar-refractivity contribution >= 4 is 11.6 Å². The average molecular weight is 303 g/mol. The van der Waals surface area contributed by atoms with E-state index in [1.807, 2.05) is 0 Å². The lowest BCUT2D eigenvalue weighted by atomic mass is 10.1. The van der Waals surface area contributed by atoms with E-state index in [1.54, 1.807) is 41.3 Å². The summed E-state index contributed by atoms with van der Waals surface area (Å²) >= 11 is 0. The average Bonchev–Trinajstić information content (AvgIpc) is 2.92. The fourth-order valence-corrected chi connectivity index (χ4v) is 2.08. The molecule has 0 spiro atoms. The van der Waals surface area contributed by atoms with Gasteiger partial charge in [0.25, 0.3) is 5.91 Å². The molecule has 1 amide bonds. The number of ether oxygens (including phenoxy) is 1. The first-order valence-electron chi connectivity index (χ1n) is 7.15. The SMILES string of the molecule is COc1cccc(C(O)C(=O)Nc2cnn(CC(C)C)c2)c1. The summed E-state index contributed by atoms with van der Waals surface area (Å²) in [6, 6.07) is 6.79. The molecule has 0 radical (unpaired) electrons. The summed E-state index contributed by atoms with van der Waals surface area (Å²) in [6.07, 6.45) is 2.05. The van der Waals surface area contributed by atoms with Crippen LogP contribution in [0.3, 0.4) is 0 Å². The van der Waals surface area contributed by atoms with E-state index >= 15 is 0 Å². The number of anilines is 1. The van der Waals surface area contributed by atoms with Gasteiger partial charge in [-0.25, -0.2) is 0 Å². The molecule has 0 aliphatic heterocycles. The van der Waals surface area contributed by atoms with Crippen LogP contribution in [0.1, 0.15) is 25.5 Å². The molecule has 22 heavy (non-hydrogen) atoms. The molecule has 0 aliphatic carbocycles. The Bertz CT molecular complexity index is 637. The molecule has 2 aromatic rings. The van der Waals surface area contributed by atoms with Gasteiger partial charge in [-0.1, -0.05) is 26.0 Å². The summed E-state index contributed by atoms with van der Waals surface area (Å²) < 4.78 is 6.85. The fourth-order valence-electron chi connectivity index (χ4n) is 2.08. The van der Waals surface area contributed by atoms with Crippen LogP contribution in [0, 0.1) is 5.92 Å². The van der Waals surface area contributed by atoms with Crippen LogP contribution in [0.15, 0.2) is 36.7 Å². The van der Waals surface area contributed by atoms with Crippen LogP contribution in [-0.2, 0) is 11.3 Å². The molecular weight excluding hydrogens is 282 g/mol. The Morgan fingerprint density at radius 2 is 2.23 bits per heavy atom. The maximum atomic E-state index is 12.1. The molecule has 1 unspecified atom stereocenters. The molecule has 118 valence electrons. The van der Waals surface area contributed by atoms with Gasteiger partial charge < -0.3 is 15.2 Å². The van der Waals surface area contributed by atoms with Crippen LogP contribution in [-0.4, -0.2) is 27.9 Å². The molecule has 1 atom stereocenters. The van der Waals surface area contributed by atoms with Gasteiger partial charge in [0.1, 0.15) is 5.75 Å². The number of aromatic nitrogens is 2. The number of nitrogens with one attached hydrogen (secondary N) is 1. The summed E-state index contributed by atoms with van der Waals surface area (Å²) in [6.45, 7) is 4.95. The Balaban J connectivity index is 2.03. The molecule has 6 heteroatoms. The van der Waals surface area contributed by atoms with Gasteiger partial charge in [0.15, 0.2) is 6.10 Å². The molecule has 6 nitrogen and oxygen atoms in total. The quantitative estimate of drug-likeness (QED) is 0.858. The van der Waals surface area contributed by atoms with Crippen molar-refractivity contribution in [2.75, 3.05) is 12.4 Å². The van der Waals surface area contributed by atoms with Crippen LogP contribution >= 0.6 is 0 Å². The first-order valence-corrected chi connectivity index (χ1v) is 7.15. The number of carbonyl (C=O) groups is 1. The van der Waals surface area contributed by atoms with E-state index < -0.39 is 12.0 Å². The Morgan fingerprint density at radius 3 is 2.91 bits per heavy atom. The first-order chi connectivity index (χ1) is 10.5. The third-order valence-corrected chi connectivity index (χ3v) is 3.11. The van der Waals surface area contributed by atoms with Gasteiger partial charge in [0.05, 0.1) is 19.0 Å². The van der Waals surface area contributed by atoms with Gasteiger partial charge in [0.2, 0.25) is 0 Å². The molecular formula is C16H21N3O3. The van der Waals surface area contributed by atoms with Gasteiger partial charge >= 0.3 is 0 Å². The van der Waals surface area contributed by atoms with E-state index in [4.69, 9.17) is 4.74 Å². The van der Waals surface area contributed by atoms with Crippen molar-refractivity contribution in [2.24, 2.45) is 5.92 Å². The standard InChI is InChI=1S/C16H21N3O3/c1-11(2)9-19-10-13(8-17-19)18-16(21)15(20)12-5-4-6-14(7-12)22-3/h4-8,10-11,15,20H,9H2,1-3H3,(H,18,21). The summed E-state index contributed by atoms with van der Waals surface area (Å²) in [7, 11) is 1.54. The molecule has 0 saturated carbocycles. The van der Waals surface area contributed by atoms with Crippen LogP contribution in [0.5, 0.6) is 5.75 Å². The van der Waals surface area contributed by atoms with Crippen molar-refractivity contribution in [1.29, 1.82) is 0 Å². The summed E-state index contributed by atoms with van der Waals surface area (Å²) in [4.78, 5) is 12.1. The van der Waals surface area contributed by atoms with Gasteiger partial charge in [0, 0.05) is 12.7 Å². The number of nitrogens with zero attached hydrogens (tertiary/aromatic N) is 2. The second kappa shape index (κ2) is 7.09. The minimum absolute atomic E-state index is 0.464. The summed E-state index contributed by atoms with van der Waals surface area (Å²) in [5.74, 6) is 0.553. The van der Waals surface area contributed by atoms with Gasteiger partial charge in [-0.05, 0) is 23.6 Å². The zero-order chi connectivity index (χ0) is 16.1. The third-order valence-electron chi connectivity index (χ3n) is 3.11. The van der Waals surface area contributed by atoms with E-state index in [0.717, 1.165) is 6.54 Å². The zero-order valence-corrected chi connectivity index (χ0v) is 13.0. The number of hydrogen-bond donors (Lipinski definition) is 2. The molecule has 2 N–H and O–H groups in total. The van der Waals surface area contributed by atoms with Crippen LogP contribution in [0.25, 0.3) is 0 Å². The molecule has 1 aromatic carbocycles. The van der Waals surface area contributed by atoms with E-state index in [-0.39, 0.29) is 0 Å². The van der Waals surface area contributed by atoms with Crippen molar-refractivity contribution in [3.8, 4) is 5.75 Å². The predicted octanol–water partition coefficient (Wildman–Crippen LogP) is 2.22. The lowest BCUT2D eigenvalue weighted by molar-refractivity contribution is -0.124. The number of aliphatic hydroxyl groups excluding tert-OH is 1. The summed E-state index contributed by atoms with van der Waals surface area (Å²) in [5, 5.41) is 17.0. The Morgan fingerprint density at radius 1 is 1.45 bits per heavy atom. The number of rotatable bonds is 6. The summed E-state index contributed by atoms with van der Waals surface area (Å²) in [5.41, 5.74) is 1.04. The van der Waals surface area contributed by atoms with Gasteiger partial charge in [-0.3, -0.25) is 9.48 Å². The minimum atomic E-state index is -1.26. The first kappa shape index (κ1) is 16.0. The Hall–Kier alpha value is -2.34. The van der Waals surface area contributed by atoms with Crippen molar-refractivity contribution in [1.82, 2.24) is 9.78 Å². The Labute approximate surface area is 129 Å². The topological polar surface area (TPSA) is 76.4 Å². The number of aliphatic hydroxyl groups is 1. The highest BCUT2D eigenvalue weighted by Crippen LogP contribution is 2.20. The second-order valence-corrected chi connectivity index (χ2v) is 5.51. The fraction of sp³-hybridized carbons (Fsp3) is 0.375. The molecule has 0 bridgehead atoms. The highest BCUT2D eigenvalue weighted by atomic mass is 16.5. The van der Waals surface area contributed by atoms with Crippen LogP contribution in [0.2, 0.25) is 0 Å². The number of benzene rings is 1. The van der Waals surface area contributed by atoms with Crippen molar-refractivity contribution in [3.63, 3.8) is 0 Å². The highest BCUT2D eigenvalue weighted by Gasteiger charge is 2.18. The van der Waals surface area contributed by atoms with Crippen molar-refractivity contribution in [2.45, 2.75) is 26.5 Å². The number of hydrogen-bond acceptors (Lipinski definition) is 4. The number of methoxy groups -OCH3 is 1. The zero-order valence-electron chi connectivity index (χ0n) is 13.0. The van der Waals surface area contributed by atoms with Crippen molar-refractivity contribution in [3.05, 3.63) is 42.2 Å². The lowest BCUT2D eigenvalue weighted by Gasteiger charge is -2.11. The van der Waals surface area contributed by atoms with E-state index in [0.29, 0.717) is 22.9 Å². The normalized spacial score (nSPS) is 12.2. The largest absolute Gasteiger partial charge is 0.497 e. The monoisotopic (exact) mass is 303 g/mol. The maximum absolute atomic E-state index is 12.1. The van der Waals surface area contributed by atoms with Gasteiger partial charge in [-0.15, -0.1) is 0 Å². The van der Waals surface area contributed by atoms with Crippen LogP contribution < -0.4 is 10.1 Å². The molecule has 1 heterocycles. The molecule has 0 fully saturated rings. The molecule has 2 rings (SSSR count). The van der Waals surface area contributed by atoms with Crippen molar-refractivity contribution < 1.29 is 14.6 Å². The van der Waals surface area contributed by atoms with Crippen LogP contribution in [0.4, 0.5) is 5.69 Å². The minimum Gasteiger partial charge on any atom is -0.497 e. The smallest absolute Gasteiger partial charge is 0.257 e. The van der Waals surface area contributed by atoms with E-state index in [9.17, 15) is 9.90 Å². The van der Waals surface area contributed by atoms with Gasteiger partial charge in [-0.2, -0.15) is 5.10 Å². The lowest BCUT2D eigenvalue weighted by Crippen LogP contribution is -2.20. The molecule has 0 saturated heterocycles. The second-order valence-electron chi connectivity index (χ2n) is 5.51. The number of carbonyl (C=O) groups excluding carboxylic acids is 1. The highest BCUT2D eigenvalue weighted by molar-refractivity contribution is 5.94. The van der Waals surface area contributed by atoms with E-state index in [2.05, 4.69) is 24.3 Å².